The van der Waals surface area contributed by atoms with Crippen LogP contribution < -0.4 is 9.64 Å². The summed E-state index contributed by atoms with van der Waals surface area (Å²) in [5.41, 5.74) is 1.09. The van der Waals surface area contributed by atoms with Crippen LogP contribution in [0.15, 0.2) is 66.7 Å². The molecule has 3 aliphatic rings. The van der Waals surface area contributed by atoms with Crippen molar-refractivity contribution in [3.05, 3.63) is 72.3 Å². The number of Topliss-reactive ketones (excluding diaryl/α,β-unsaturated/α-hetero) is 1. The molecule has 1 heterocycles. The number of benzene rings is 2. The molecule has 2 bridgehead atoms. The molecule has 1 saturated carbocycles. The first-order valence-corrected chi connectivity index (χ1v) is 9.51. The summed E-state index contributed by atoms with van der Waals surface area (Å²) >= 11 is 0. The van der Waals surface area contributed by atoms with Gasteiger partial charge in [0, 0.05) is 11.6 Å². The first-order chi connectivity index (χ1) is 13.6. The number of allylic oxidation sites excluding steroid dienone is 2. The number of fused-ring (bicyclic) bond motifs is 5. The Kier molecular flexibility index (Phi) is 3.90. The maximum Gasteiger partial charge on any atom is 0.238 e. The summed E-state index contributed by atoms with van der Waals surface area (Å²) in [7, 11) is 0. The molecule has 1 saturated heterocycles. The lowest BCUT2D eigenvalue weighted by atomic mass is 9.85. The molecule has 2 amide bonds. The summed E-state index contributed by atoms with van der Waals surface area (Å²) in [6.07, 6.45) is 5.07. The summed E-state index contributed by atoms with van der Waals surface area (Å²) in [5, 5.41) is 0. The van der Waals surface area contributed by atoms with Gasteiger partial charge in [-0.1, -0.05) is 48.6 Å². The fraction of sp³-hybridized carbons (Fsp3) is 0.261. The van der Waals surface area contributed by atoms with Gasteiger partial charge >= 0.3 is 0 Å². The second-order valence-corrected chi connectivity index (χ2v) is 7.59. The lowest BCUT2D eigenvalue weighted by molar-refractivity contribution is -0.123. The van der Waals surface area contributed by atoms with E-state index in [1.807, 2.05) is 6.07 Å². The van der Waals surface area contributed by atoms with Gasteiger partial charge in [-0.05, 0) is 30.4 Å². The molecule has 1 aliphatic heterocycles. The van der Waals surface area contributed by atoms with E-state index in [-0.39, 0.29) is 47.9 Å². The Balaban J connectivity index is 1.33. The van der Waals surface area contributed by atoms with E-state index in [9.17, 15) is 14.4 Å². The quantitative estimate of drug-likeness (QED) is 0.458. The SMILES string of the molecule is O=C(COc1cccc(N2C(=O)[C@@H]3[C@H](C2=O)[C@H]2C=C[C@H]3C2)c1)c1ccccc1. The first kappa shape index (κ1) is 16.9. The topological polar surface area (TPSA) is 63.7 Å². The third kappa shape index (κ3) is 2.58. The second kappa shape index (κ2) is 6.44. The van der Waals surface area contributed by atoms with Crippen molar-refractivity contribution in [2.75, 3.05) is 11.5 Å². The number of imide groups is 1. The van der Waals surface area contributed by atoms with Crippen LogP contribution in [0.5, 0.6) is 5.75 Å². The minimum absolute atomic E-state index is 0.103. The van der Waals surface area contributed by atoms with Crippen molar-refractivity contribution in [1.82, 2.24) is 0 Å². The molecule has 0 aromatic heterocycles. The van der Waals surface area contributed by atoms with Crippen LogP contribution in [0.3, 0.4) is 0 Å². The Morgan fingerprint density at radius 3 is 2.29 bits per heavy atom. The average Bonchev–Trinajstić information content (AvgIpc) is 3.41. The molecule has 0 spiro atoms. The molecular formula is C23H19NO4. The Morgan fingerprint density at radius 2 is 1.61 bits per heavy atom. The van der Waals surface area contributed by atoms with Crippen molar-refractivity contribution < 1.29 is 19.1 Å². The number of carbonyl (C=O) groups is 3. The Labute approximate surface area is 162 Å². The molecule has 4 atom stereocenters. The van der Waals surface area contributed by atoms with Gasteiger partial charge in [-0.25, -0.2) is 4.90 Å². The highest BCUT2D eigenvalue weighted by molar-refractivity contribution is 6.22. The van der Waals surface area contributed by atoms with Crippen molar-refractivity contribution in [1.29, 1.82) is 0 Å². The number of carbonyl (C=O) groups excluding carboxylic acids is 3. The number of rotatable bonds is 5. The summed E-state index contributed by atoms with van der Waals surface area (Å²) < 4.78 is 5.63. The van der Waals surface area contributed by atoms with E-state index in [4.69, 9.17) is 4.74 Å². The van der Waals surface area contributed by atoms with Gasteiger partial charge in [-0.3, -0.25) is 14.4 Å². The second-order valence-electron chi connectivity index (χ2n) is 7.59. The highest BCUT2D eigenvalue weighted by Gasteiger charge is 2.59. The van der Waals surface area contributed by atoms with E-state index in [0.29, 0.717) is 17.0 Å². The zero-order valence-electron chi connectivity index (χ0n) is 15.2. The number of ketones is 1. The zero-order valence-corrected chi connectivity index (χ0v) is 15.2. The van der Waals surface area contributed by atoms with Crippen molar-refractivity contribution in [2.45, 2.75) is 6.42 Å². The lowest BCUT2D eigenvalue weighted by Crippen LogP contribution is -2.32. The van der Waals surface area contributed by atoms with Crippen LogP contribution >= 0.6 is 0 Å². The molecule has 5 rings (SSSR count). The Morgan fingerprint density at radius 1 is 0.929 bits per heavy atom. The number of nitrogens with zero attached hydrogens (tertiary/aromatic N) is 1. The molecule has 0 N–H and O–H groups in total. The standard InChI is InChI=1S/C23H19NO4/c25-19(14-5-2-1-3-6-14)13-28-18-8-4-7-17(12-18)24-22(26)20-15-9-10-16(11-15)21(20)23(24)27/h1-10,12,15-16,20-21H,11,13H2/t15-,16-,20-,21+/m0/s1. The number of hydrogen-bond acceptors (Lipinski definition) is 4. The summed E-state index contributed by atoms with van der Waals surface area (Å²) in [4.78, 5) is 39.4. The van der Waals surface area contributed by atoms with Crippen molar-refractivity contribution in [2.24, 2.45) is 23.7 Å². The molecule has 2 fully saturated rings. The molecule has 0 unspecified atom stereocenters. The van der Waals surface area contributed by atoms with Gasteiger partial charge in [0.15, 0.2) is 12.4 Å². The molecule has 2 aliphatic carbocycles. The number of amides is 2. The summed E-state index contributed by atoms with van der Waals surface area (Å²) in [5.74, 6) is -0.0111. The van der Waals surface area contributed by atoms with E-state index in [0.717, 1.165) is 6.42 Å². The van der Waals surface area contributed by atoms with E-state index in [2.05, 4.69) is 12.2 Å². The van der Waals surface area contributed by atoms with Gasteiger partial charge in [-0.2, -0.15) is 0 Å². The first-order valence-electron chi connectivity index (χ1n) is 9.51. The third-order valence-electron chi connectivity index (χ3n) is 6.01. The van der Waals surface area contributed by atoms with Gasteiger partial charge < -0.3 is 4.74 Å². The van der Waals surface area contributed by atoms with Crippen molar-refractivity contribution >= 4 is 23.3 Å². The average molecular weight is 373 g/mol. The number of anilines is 1. The van der Waals surface area contributed by atoms with Crippen LogP contribution in [-0.2, 0) is 9.59 Å². The van der Waals surface area contributed by atoms with Gasteiger partial charge in [0.1, 0.15) is 5.75 Å². The monoisotopic (exact) mass is 373 g/mol. The minimum atomic E-state index is -0.230. The van der Waals surface area contributed by atoms with E-state index in [1.54, 1.807) is 48.5 Å². The van der Waals surface area contributed by atoms with E-state index < -0.39 is 0 Å². The van der Waals surface area contributed by atoms with Crippen LogP contribution in [0, 0.1) is 23.7 Å². The van der Waals surface area contributed by atoms with Crippen LogP contribution in [0.2, 0.25) is 0 Å². The molecule has 5 heteroatoms. The van der Waals surface area contributed by atoms with Crippen LogP contribution in [-0.4, -0.2) is 24.2 Å². The van der Waals surface area contributed by atoms with Gasteiger partial charge in [0.2, 0.25) is 11.8 Å². The van der Waals surface area contributed by atoms with Gasteiger partial charge in [0.25, 0.3) is 0 Å². The normalized spacial score (nSPS) is 27.4. The maximum absolute atomic E-state index is 12.9. The number of ether oxygens (including phenoxy) is 1. The highest BCUT2D eigenvalue weighted by atomic mass is 16.5. The zero-order chi connectivity index (χ0) is 19.3. The Hall–Kier alpha value is -3.21. The van der Waals surface area contributed by atoms with E-state index >= 15 is 0 Å². The molecule has 2 aromatic carbocycles. The molecule has 28 heavy (non-hydrogen) atoms. The van der Waals surface area contributed by atoms with Crippen LogP contribution in [0.25, 0.3) is 0 Å². The van der Waals surface area contributed by atoms with Crippen LogP contribution in [0.4, 0.5) is 5.69 Å². The molecule has 140 valence electrons. The fourth-order valence-corrected chi connectivity index (χ4v) is 4.73. The number of hydrogen-bond donors (Lipinski definition) is 0. The predicted octanol–water partition coefficient (Wildman–Crippen LogP) is 3.26. The summed E-state index contributed by atoms with van der Waals surface area (Å²) in [6.45, 7) is -0.103. The van der Waals surface area contributed by atoms with E-state index in [1.165, 1.54) is 4.90 Å². The summed E-state index contributed by atoms with van der Waals surface area (Å²) in [6, 6.07) is 15.8. The van der Waals surface area contributed by atoms with Crippen molar-refractivity contribution in [3.8, 4) is 5.75 Å². The third-order valence-corrected chi connectivity index (χ3v) is 6.01. The Bertz CT molecular complexity index is 967. The smallest absolute Gasteiger partial charge is 0.238 e. The van der Waals surface area contributed by atoms with Crippen LogP contribution in [0.1, 0.15) is 16.8 Å². The highest BCUT2D eigenvalue weighted by Crippen LogP contribution is 2.53. The largest absolute Gasteiger partial charge is 0.485 e. The fourth-order valence-electron chi connectivity index (χ4n) is 4.73. The molecule has 5 nitrogen and oxygen atoms in total. The molecular weight excluding hydrogens is 354 g/mol. The molecule has 0 radical (unpaired) electrons. The van der Waals surface area contributed by atoms with Gasteiger partial charge in [0.05, 0.1) is 17.5 Å². The predicted molar refractivity (Wildman–Crippen MR) is 103 cm³/mol. The molecule has 2 aromatic rings. The lowest BCUT2D eigenvalue weighted by Gasteiger charge is -2.18. The minimum Gasteiger partial charge on any atom is -0.485 e. The van der Waals surface area contributed by atoms with Crippen molar-refractivity contribution in [3.63, 3.8) is 0 Å². The maximum atomic E-state index is 12.9. The van der Waals surface area contributed by atoms with Gasteiger partial charge in [-0.15, -0.1) is 0 Å².